The number of nitrogens with one attached hydrogen (secondary N) is 1. The molecular weight excluding hydrogens is 236 g/mol. The lowest BCUT2D eigenvalue weighted by molar-refractivity contribution is 0.259. The number of rotatable bonds is 5. The lowest BCUT2D eigenvalue weighted by atomic mass is 10.1. The topological polar surface area (TPSA) is 28.4 Å². The maximum Gasteiger partial charge on any atom is 0.118 e. The van der Waals surface area contributed by atoms with Gasteiger partial charge in [0.15, 0.2) is 0 Å². The second-order valence-corrected chi connectivity index (χ2v) is 5.87. The molecule has 0 aliphatic carbocycles. The van der Waals surface area contributed by atoms with Gasteiger partial charge in [0.1, 0.15) is 11.5 Å². The molecule has 1 aromatic rings. The Labute approximate surface area is 116 Å². The molecule has 1 aromatic heterocycles. The molecule has 1 aliphatic heterocycles. The van der Waals surface area contributed by atoms with Gasteiger partial charge in [-0.05, 0) is 26.3 Å². The number of furan rings is 1. The van der Waals surface area contributed by atoms with Crippen LogP contribution in [0.4, 0.5) is 0 Å². The molecule has 0 unspecified atom stereocenters. The summed E-state index contributed by atoms with van der Waals surface area (Å²) in [4.78, 5) is 2.44. The quantitative estimate of drug-likeness (QED) is 0.826. The molecule has 3 heteroatoms. The molecule has 0 aromatic carbocycles. The fourth-order valence-corrected chi connectivity index (χ4v) is 2.33. The highest BCUT2D eigenvalue weighted by molar-refractivity contribution is 5.21. The smallest absolute Gasteiger partial charge is 0.118 e. The molecule has 0 fully saturated rings. The van der Waals surface area contributed by atoms with E-state index in [9.17, 15) is 0 Å². The minimum atomic E-state index is 0.507. The number of hydrogen-bond donors (Lipinski definition) is 1. The predicted molar refractivity (Wildman–Crippen MR) is 79.1 cm³/mol. The van der Waals surface area contributed by atoms with Crippen molar-refractivity contribution in [3.05, 3.63) is 34.8 Å². The zero-order valence-electron chi connectivity index (χ0n) is 12.6. The first kappa shape index (κ1) is 14.4. The van der Waals surface area contributed by atoms with Crippen LogP contribution in [0.3, 0.4) is 0 Å². The third-order valence-corrected chi connectivity index (χ3v) is 3.67. The Morgan fingerprint density at radius 3 is 2.79 bits per heavy atom. The molecule has 0 radical (unpaired) electrons. The zero-order chi connectivity index (χ0) is 13.8. The number of hydrogen-bond acceptors (Lipinski definition) is 3. The van der Waals surface area contributed by atoms with Crippen molar-refractivity contribution in [1.82, 2.24) is 10.2 Å². The molecule has 0 atom stereocenters. The van der Waals surface area contributed by atoms with Crippen LogP contribution in [0.1, 0.15) is 44.3 Å². The van der Waals surface area contributed by atoms with Crippen LogP contribution in [0.15, 0.2) is 22.1 Å². The summed E-state index contributed by atoms with van der Waals surface area (Å²) < 4.78 is 5.87. The summed E-state index contributed by atoms with van der Waals surface area (Å²) in [6.07, 6.45) is 3.50. The Bertz CT molecular complexity index is 446. The molecule has 2 heterocycles. The zero-order valence-corrected chi connectivity index (χ0v) is 12.6. The third kappa shape index (κ3) is 4.22. The van der Waals surface area contributed by atoms with E-state index in [2.05, 4.69) is 50.1 Å². The van der Waals surface area contributed by atoms with Gasteiger partial charge in [0.05, 0.1) is 6.54 Å². The second kappa shape index (κ2) is 6.40. The monoisotopic (exact) mass is 262 g/mol. The largest absolute Gasteiger partial charge is 0.465 e. The molecular formula is C16H26N2O. The van der Waals surface area contributed by atoms with Crippen molar-refractivity contribution in [2.45, 2.75) is 53.2 Å². The maximum absolute atomic E-state index is 5.87. The Kier molecular flexibility index (Phi) is 4.83. The standard InChI is InChI=1S/C16H26N2O/c1-12(2)17-10-15-9-16(19-14(15)4)11-18-7-5-13(3)6-8-18/h5,9,12,17H,6-8,10-11H2,1-4H3. The van der Waals surface area contributed by atoms with Crippen molar-refractivity contribution in [1.29, 1.82) is 0 Å². The summed E-state index contributed by atoms with van der Waals surface area (Å²) in [5.74, 6) is 2.14. The Balaban J connectivity index is 1.92. The van der Waals surface area contributed by atoms with Crippen molar-refractivity contribution in [3.8, 4) is 0 Å². The van der Waals surface area contributed by atoms with Crippen molar-refractivity contribution >= 4 is 0 Å². The molecule has 2 rings (SSSR count). The van der Waals surface area contributed by atoms with Gasteiger partial charge in [0, 0.05) is 31.2 Å². The van der Waals surface area contributed by atoms with Gasteiger partial charge in [-0.25, -0.2) is 0 Å². The molecule has 0 spiro atoms. The summed E-state index contributed by atoms with van der Waals surface area (Å²) in [5, 5.41) is 3.44. The van der Waals surface area contributed by atoms with E-state index >= 15 is 0 Å². The average Bonchev–Trinajstić information content (AvgIpc) is 2.70. The van der Waals surface area contributed by atoms with Crippen molar-refractivity contribution < 1.29 is 4.42 Å². The van der Waals surface area contributed by atoms with E-state index in [1.165, 1.54) is 17.6 Å². The minimum Gasteiger partial charge on any atom is -0.465 e. The lowest BCUT2D eigenvalue weighted by Crippen LogP contribution is -2.27. The van der Waals surface area contributed by atoms with E-state index in [0.29, 0.717) is 6.04 Å². The first-order valence-electron chi connectivity index (χ1n) is 7.24. The minimum absolute atomic E-state index is 0.507. The van der Waals surface area contributed by atoms with Crippen molar-refractivity contribution in [3.63, 3.8) is 0 Å². The van der Waals surface area contributed by atoms with Crippen LogP contribution in [-0.4, -0.2) is 24.0 Å². The average molecular weight is 262 g/mol. The summed E-state index contributed by atoms with van der Waals surface area (Å²) in [7, 11) is 0. The Morgan fingerprint density at radius 1 is 1.37 bits per heavy atom. The highest BCUT2D eigenvalue weighted by Gasteiger charge is 2.13. The molecule has 0 amide bonds. The van der Waals surface area contributed by atoms with Crippen LogP contribution in [0.5, 0.6) is 0 Å². The van der Waals surface area contributed by atoms with Crippen LogP contribution in [0, 0.1) is 6.92 Å². The Hall–Kier alpha value is -1.06. The van der Waals surface area contributed by atoms with Gasteiger partial charge in [-0.1, -0.05) is 25.5 Å². The van der Waals surface area contributed by atoms with Gasteiger partial charge in [-0.2, -0.15) is 0 Å². The molecule has 1 aliphatic rings. The second-order valence-electron chi connectivity index (χ2n) is 5.87. The third-order valence-electron chi connectivity index (χ3n) is 3.67. The summed E-state index contributed by atoms with van der Waals surface area (Å²) >= 11 is 0. The van der Waals surface area contributed by atoms with Gasteiger partial charge in [0.25, 0.3) is 0 Å². The Morgan fingerprint density at radius 2 is 2.16 bits per heavy atom. The highest BCUT2D eigenvalue weighted by Crippen LogP contribution is 2.18. The van der Waals surface area contributed by atoms with Crippen molar-refractivity contribution in [2.24, 2.45) is 0 Å². The van der Waals surface area contributed by atoms with Crippen LogP contribution >= 0.6 is 0 Å². The summed E-state index contributed by atoms with van der Waals surface area (Å²) in [6.45, 7) is 12.6. The molecule has 19 heavy (non-hydrogen) atoms. The SMILES string of the molecule is CC1=CCN(Cc2cc(CNC(C)C)c(C)o2)CC1. The molecule has 0 saturated heterocycles. The lowest BCUT2D eigenvalue weighted by Gasteiger charge is -2.23. The predicted octanol–water partition coefficient (Wildman–Crippen LogP) is 3.24. The number of nitrogens with zero attached hydrogens (tertiary/aromatic N) is 1. The van der Waals surface area contributed by atoms with Gasteiger partial charge in [-0.15, -0.1) is 0 Å². The highest BCUT2D eigenvalue weighted by atomic mass is 16.3. The van der Waals surface area contributed by atoms with Crippen LogP contribution in [0.25, 0.3) is 0 Å². The van der Waals surface area contributed by atoms with Crippen LogP contribution in [-0.2, 0) is 13.1 Å². The fraction of sp³-hybridized carbons (Fsp3) is 0.625. The van der Waals surface area contributed by atoms with Crippen LogP contribution in [0.2, 0.25) is 0 Å². The first-order valence-corrected chi connectivity index (χ1v) is 7.24. The van der Waals surface area contributed by atoms with E-state index in [1.807, 2.05) is 0 Å². The molecule has 0 saturated carbocycles. The molecule has 106 valence electrons. The fourth-order valence-electron chi connectivity index (χ4n) is 2.33. The summed E-state index contributed by atoms with van der Waals surface area (Å²) in [5.41, 5.74) is 2.79. The molecule has 3 nitrogen and oxygen atoms in total. The van der Waals surface area contributed by atoms with E-state index in [-0.39, 0.29) is 0 Å². The van der Waals surface area contributed by atoms with E-state index < -0.39 is 0 Å². The van der Waals surface area contributed by atoms with E-state index in [0.717, 1.165) is 37.7 Å². The van der Waals surface area contributed by atoms with Crippen molar-refractivity contribution in [2.75, 3.05) is 13.1 Å². The number of aryl methyl sites for hydroxylation is 1. The maximum atomic E-state index is 5.87. The molecule has 0 bridgehead atoms. The van der Waals surface area contributed by atoms with Gasteiger partial charge in [0.2, 0.25) is 0 Å². The first-order chi connectivity index (χ1) is 9.04. The van der Waals surface area contributed by atoms with Gasteiger partial charge in [-0.3, -0.25) is 4.90 Å². The van der Waals surface area contributed by atoms with Gasteiger partial charge >= 0.3 is 0 Å². The normalized spacial score (nSPS) is 17.0. The van der Waals surface area contributed by atoms with E-state index in [1.54, 1.807) is 0 Å². The van der Waals surface area contributed by atoms with Crippen LogP contribution < -0.4 is 5.32 Å². The van der Waals surface area contributed by atoms with Gasteiger partial charge < -0.3 is 9.73 Å². The summed E-state index contributed by atoms with van der Waals surface area (Å²) in [6, 6.07) is 2.71. The molecule has 1 N–H and O–H groups in total. The van der Waals surface area contributed by atoms with E-state index in [4.69, 9.17) is 4.42 Å².